The first-order valence-corrected chi connectivity index (χ1v) is 6.91. The number of aryl methyl sites for hydroxylation is 1. The Hall–Kier alpha value is -1.89. The van der Waals surface area contributed by atoms with E-state index in [0.29, 0.717) is 26.2 Å². The highest BCUT2D eigenvalue weighted by Gasteiger charge is 2.22. The standard InChI is InChI=1S/C12H14N4O2S/c1-8-6-9-10(13-7-14-11(9)19-8)15-2-4-16(5-3-15)12(17)18/h6-7H,2-5H2,1H3,(H,17,18). The predicted molar refractivity (Wildman–Crippen MR) is 74.0 cm³/mol. The molecule has 0 atom stereocenters. The largest absolute Gasteiger partial charge is 0.465 e. The molecule has 0 saturated carbocycles. The molecule has 1 fully saturated rings. The summed E-state index contributed by atoms with van der Waals surface area (Å²) in [5.74, 6) is 0.916. The number of carboxylic acid groups (broad SMARTS) is 1. The van der Waals surface area contributed by atoms with Crippen LogP contribution in [0.4, 0.5) is 10.6 Å². The van der Waals surface area contributed by atoms with Gasteiger partial charge in [0.2, 0.25) is 0 Å². The zero-order chi connectivity index (χ0) is 13.4. The molecule has 0 aromatic carbocycles. The Labute approximate surface area is 114 Å². The van der Waals surface area contributed by atoms with Crippen LogP contribution in [-0.4, -0.2) is 52.2 Å². The van der Waals surface area contributed by atoms with Crippen LogP contribution in [0.15, 0.2) is 12.4 Å². The molecule has 1 aliphatic rings. The Morgan fingerprint density at radius 3 is 2.74 bits per heavy atom. The van der Waals surface area contributed by atoms with Crippen molar-refractivity contribution in [3.05, 3.63) is 17.3 Å². The van der Waals surface area contributed by atoms with E-state index in [4.69, 9.17) is 5.11 Å². The molecule has 0 unspecified atom stereocenters. The van der Waals surface area contributed by atoms with Crippen LogP contribution in [-0.2, 0) is 0 Å². The highest BCUT2D eigenvalue weighted by atomic mass is 32.1. The number of amides is 1. The Morgan fingerprint density at radius 1 is 1.32 bits per heavy atom. The second-order valence-corrected chi connectivity index (χ2v) is 5.76. The maximum Gasteiger partial charge on any atom is 0.407 e. The maximum atomic E-state index is 10.9. The van der Waals surface area contributed by atoms with Crippen molar-refractivity contribution in [2.75, 3.05) is 31.1 Å². The number of thiophene rings is 1. The monoisotopic (exact) mass is 278 g/mol. The van der Waals surface area contributed by atoms with Gasteiger partial charge in [0.15, 0.2) is 0 Å². The number of fused-ring (bicyclic) bond motifs is 1. The third-order valence-electron chi connectivity index (χ3n) is 3.28. The van der Waals surface area contributed by atoms with Gasteiger partial charge in [-0.25, -0.2) is 14.8 Å². The zero-order valence-electron chi connectivity index (χ0n) is 10.5. The van der Waals surface area contributed by atoms with Crippen LogP contribution in [0.1, 0.15) is 4.88 Å². The van der Waals surface area contributed by atoms with Crippen molar-refractivity contribution in [1.29, 1.82) is 0 Å². The van der Waals surface area contributed by atoms with E-state index in [0.717, 1.165) is 16.0 Å². The van der Waals surface area contributed by atoms with Gasteiger partial charge in [-0.05, 0) is 13.0 Å². The van der Waals surface area contributed by atoms with Crippen LogP contribution in [0, 0.1) is 6.92 Å². The van der Waals surface area contributed by atoms with E-state index in [-0.39, 0.29) is 0 Å². The second-order valence-electron chi connectivity index (χ2n) is 4.53. The summed E-state index contributed by atoms with van der Waals surface area (Å²) < 4.78 is 0. The highest BCUT2D eigenvalue weighted by molar-refractivity contribution is 7.18. The van der Waals surface area contributed by atoms with Gasteiger partial charge in [0, 0.05) is 31.1 Å². The number of piperazine rings is 1. The lowest BCUT2D eigenvalue weighted by molar-refractivity contribution is 0.142. The van der Waals surface area contributed by atoms with Gasteiger partial charge in [-0.2, -0.15) is 0 Å². The van der Waals surface area contributed by atoms with Gasteiger partial charge < -0.3 is 14.9 Å². The van der Waals surface area contributed by atoms with Gasteiger partial charge in [-0.3, -0.25) is 0 Å². The van der Waals surface area contributed by atoms with E-state index in [1.54, 1.807) is 17.7 Å². The van der Waals surface area contributed by atoms with Gasteiger partial charge in [0.05, 0.1) is 5.39 Å². The summed E-state index contributed by atoms with van der Waals surface area (Å²) in [7, 11) is 0. The summed E-state index contributed by atoms with van der Waals surface area (Å²) >= 11 is 1.65. The van der Waals surface area contributed by atoms with Gasteiger partial charge in [-0.1, -0.05) is 0 Å². The van der Waals surface area contributed by atoms with E-state index >= 15 is 0 Å². The van der Waals surface area contributed by atoms with Crippen molar-refractivity contribution in [2.24, 2.45) is 0 Å². The molecule has 0 aliphatic carbocycles. The quantitative estimate of drug-likeness (QED) is 0.861. The van der Waals surface area contributed by atoms with Gasteiger partial charge in [0.25, 0.3) is 0 Å². The van der Waals surface area contributed by atoms with Crippen LogP contribution in [0.25, 0.3) is 10.2 Å². The number of rotatable bonds is 1. The molecule has 6 nitrogen and oxygen atoms in total. The summed E-state index contributed by atoms with van der Waals surface area (Å²) in [6.45, 7) is 4.44. The average Bonchev–Trinajstić information content (AvgIpc) is 2.78. The van der Waals surface area contributed by atoms with Crippen molar-refractivity contribution in [3.8, 4) is 0 Å². The van der Waals surface area contributed by atoms with Crippen molar-refractivity contribution in [1.82, 2.24) is 14.9 Å². The molecule has 0 bridgehead atoms. The summed E-state index contributed by atoms with van der Waals surface area (Å²) in [6, 6.07) is 2.10. The Kier molecular flexibility index (Phi) is 2.98. The summed E-state index contributed by atoms with van der Waals surface area (Å²) in [5, 5.41) is 10.0. The van der Waals surface area contributed by atoms with Crippen LogP contribution in [0.5, 0.6) is 0 Å². The molecular formula is C12H14N4O2S. The van der Waals surface area contributed by atoms with E-state index in [9.17, 15) is 4.79 Å². The minimum atomic E-state index is -0.848. The summed E-state index contributed by atoms with van der Waals surface area (Å²) in [6.07, 6.45) is 0.732. The first kappa shape index (κ1) is 12.2. The lowest BCUT2D eigenvalue weighted by atomic mass is 10.2. The second kappa shape index (κ2) is 4.65. The van der Waals surface area contributed by atoms with Crippen LogP contribution in [0.3, 0.4) is 0 Å². The van der Waals surface area contributed by atoms with Crippen molar-refractivity contribution in [2.45, 2.75) is 6.92 Å². The van der Waals surface area contributed by atoms with Gasteiger partial charge in [-0.15, -0.1) is 11.3 Å². The third-order valence-corrected chi connectivity index (χ3v) is 4.24. The average molecular weight is 278 g/mol. The first-order chi connectivity index (χ1) is 9.15. The molecule has 1 N–H and O–H groups in total. The molecule has 0 radical (unpaired) electrons. The third kappa shape index (κ3) is 2.21. The fraction of sp³-hybridized carbons (Fsp3) is 0.417. The molecular weight excluding hydrogens is 264 g/mol. The van der Waals surface area contributed by atoms with E-state index in [1.165, 1.54) is 9.78 Å². The fourth-order valence-corrected chi connectivity index (χ4v) is 3.17. The topological polar surface area (TPSA) is 69.6 Å². The van der Waals surface area contributed by atoms with E-state index in [2.05, 4.69) is 27.9 Å². The number of anilines is 1. The molecule has 7 heteroatoms. The number of nitrogens with zero attached hydrogens (tertiary/aromatic N) is 4. The summed E-state index contributed by atoms with van der Waals surface area (Å²) in [4.78, 5) is 25.3. The number of hydrogen-bond donors (Lipinski definition) is 1. The molecule has 1 saturated heterocycles. The Balaban J connectivity index is 1.87. The normalized spacial score (nSPS) is 16.1. The van der Waals surface area contributed by atoms with Crippen LogP contribution >= 0.6 is 11.3 Å². The molecule has 100 valence electrons. The van der Waals surface area contributed by atoms with Crippen molar-refractivity contribution in [3.63, 3.8) is 0 Å². The first-order valence-electron chi connectivity index (χ1n) is 6.09. The Bertz CT molecular complexity index is 619. The van der Waals surface area contributed by atoms with Crippen LogP contribution < -0.4 is 4.90 Å². The smallest absolute Gasteiger partial charge is 0.407 e. The number of aromatic nitrogens is 2. The molecule has 2 aromatic heterocycles. The molecule has 2 aromatic rings. The SMILES string of the molecule is Cc1cc2c(N3CCN(C(=O)O)CC3)ncnc2s1. The van der Waals surface area contributed by atoms with Crippen molar-refractivity contribution < 1.29 is 9.90 Å². The van der Waals surface area contributed by atoms with E-state index < -0.39 is 6.09 Å². The molecule has 1 amide bonds. The summed E-state index contributed by atoms with van der Waals surface area (Å²) in [5.41, 5.74) is 0. The Morgan fingerprint density at radius 2 is 2.05 bits per heavy atom. The molecule has 3 rings (SSSR count). The van der Waals surface area contributed by atoms with Crippen molar-refractivity contribution >= 4 is 33.5 Å². The maximum absolute atomic E-state index is 10.9. The van der Waals surface area contributed by atoms with Gasteiger partial charge >= 0.3 is 6.09 Å². The highest BCUT2D eigenvalue weighted by Crippen LogP contribution is 2.30. The van der Waals surface area contributed by atoms with E-state index in [1.807, 2.05) is 0 Å². The predicted octanol–water partition coefficient (Wildman–Crippen LogP) is 1.80. The molecule has 19 heavy (non-hydrogen) atoms. The molecule has 0 spiro atoms. The minimum Gasteiger partial charge on any atom is -0.465 e. The lowest BCUT2D eigenvalue weighted by Gasteiger charge is -2.34. The zero-order valence-corrected chi connectivity index (χ0v) is 11.4. The number of hydrogen-bond acceptors (Lipinski definition) is 5. The lowest BCUT2D eigenvalue weighted by Crippen LogP contribution is -2.48. The van der Waals surface area contributed by atoms with Gasteiger partial charge in [0.1, 0.15) is 17.0 Å². The molecule has 1 aliphatic heterocycles. The number of carbonyl (C=O) groups is 1. The minimum absolute atomic E-state index is 0.518. The fourth-order valence-electron chi connectivity index (χ4n) is 2.33. The molecule has 3 heterocycles. The van der Waals surface area contributed by atoms with Crippen LogP contribution in [0.2, 0.25) is 0 Å².